The molecule has 70 heavy (non-hydrogen) atoms. The van der Waals surface area contributed by atoms with Crippen LogP contribution in [0.5, 0.6) is 5.75 Å². The second-order valence-corrected chi connectivity index (χ2v) is 21.5. The van der Waals surface area contributed by atoms with Crippen LogP contribution in [0.3, 0.4) is 0 Å². The van der Waals surface area contributed by atoms with Crippen LogP contribution in [-0.4, -0.2) is 50.3 Å². The van der Waals surface area contributed by atoms with Gasteiger partial charge in [0.15, 0.2) is 0 Å². The molecule has 0 atom stereocenters. The Labute approximate surface area is 414 Å². The molecule has 0 amide bonds. The van der Waals surface area contributed by atoms with Gasteiger partial charge >= 0.3 is 11.9 Å². The maximum Gasteiger partial charge on any atom is 0.306 e. The minimum absolute atomic E-state index is 0.0989. The normalized spacial score (nSPS) is 18.6. The van der Waals surface area contributed by atoms with Gasteiger partial charge in [0, 0.05) is 82.4 Å². The van der Waals surface area contributed by atoms with Crippen LogP contribution in [0.25, 0.3) is 66.1 Å². The number of esters is 2. The Morgan fingerprint density at radius 1 is 0.586 bits per heavy atom. The van der Waals surface area contributed by atoms with Gasteiger partial charge in [-0.15, -0.1) is 0 Å². The summed E-state index contributed by atoms with van der Waals surface area (Å²) < 4.78 is 23.2. The lowest BCUT2D eigenvalue weighted by Gasteiger charge is -2.30. The van der Waals surface area contributed by atoms with Gasteiger partial charge in [0.05, 0.1) is 16.4 Å². The molecule has 0 bridgehead atoms. The minimum Gasteiger partial charge on any atom is -0.506 e. The summed E-state index contributed by atoms with van der Waals surface area (Å²) in [5, 5.41) is 24.5. The number of fused-ring (bicyclic) bond motifs is 4. The van der Waals surface area contributed by atoms with E-state index in [4.69, 9.17) is 29.9 Å². The van der Waals surface area contributed by atoms with E-state index < -0.39 is 11.2 Å². The highest BCUT2D eigenvalue weighted by Crippen LogP contribution is 2.40. The first-order valence-corrected chi connectivity index (χ1v) is 25.0. The molecule has 4 aromatic heterocycles. The van der Waals surface area contributed by atoms with E-state index in [1.54, 1.807) is 12.3 Å². The Hall–Kier alpha value is -6.59. The number of para-hydroxylation sites is 2. The highest BCUT2D eigenvalue weighted by Gasteiger charge is 2.28. The summed E-state index contributed by atoms with van der Waals surface area (Å²) in [7, 11) is 0. The van der Waals surface area contributed by atoms with Gasteiger partial charge in [-0.05, 0) is 164 Å². The molecule has 0 saturated heterocycles. The number of phenolic OH excluding ortho intramolecular Hbond substituents is 1. The number of furan rings is 2. The Morgan fingerprint density at radius 2 is 1.01 bits per heavy atom. The standard InChI is InChI=1S/C29H31ClN2O3.C29H32N2O4/c1-29(2,3)35-28(33)12-18-8-10-21(11-9-18)32-25-15-22-20(13-24(25)30)16-31-17-23(22)27-14-19-6-4-5-7-26(19)34-27;1-29(2,3)35-28(33)12-18-8-10-21(11-9-18)31-24-15-22-20(13-25(24)32)16-30-17-23(22)27-14-19-6-4-5-7-26(19)34-27/h4-7,13-18,21,32H,8-12H2,1-3H3;4-7,13-18,21,31-32H,8-12H2,1-3H3. The molecule has 364 valence electrons. The van der Waals surface area contributed by atoms with Crippen molar-refractivity contribution in [2.24, 2.45) is 11.8 Å². The van der Waals surface area contributed by atoms with Crippen LogP contribution in [0, 0.1) is 11.8 Å². The van der Waals surface area contributed by atoms with Crippen LogP contribution in [0.2, 0.25) is 5.02 Å². The van der Waals surface area contributed by atoms with Crippen LogP contribution < -0.4 is 10.6 Å². The van der Waals surface area contributed by atoms with E-state index in [2.05, 4.69) is 32.7 Å². The monoisotopic (exact) mass is 962 g/mol. The number of hydrogen-bond donors (Lipinski definition) is 3. The van der Waals surface area contributed by atoms with Crippen molar-refractivity contribution in [3.8, 4) is 28.4 Å². The van der Waals surface area contributed by atoms with Gasteiger partial charge in [-0.25, -0.2) is 0 Å². The van der Waals surface area contributed by atoms with Crippen molar-refractivity contribution < 1.29 is 33.0 Å². The number of hydrogen-bond acceptors (Lipinski definition) is 11. The predicted molar refractivity (Wildman–Crippen MR) is 280 cm³/mol. The van der Waals surface area contributed by atoms with Gasteiger partial charge in [-0.2, -0.15) is 0 Å². The summed E-state index contributed by atoms with van der Waals surface area (Å²) in [5.74, 6) is 2.26. The molecular weight excluding hydrogens is 900 g/mol. The van der Waals surface area contributed by atoms with Crippen molar-refractivity contribution in [2.75, 3.05) is 10.6 Å². The van der Waals surface area contributed by atoms with Crippen molar-refractivity contribution >= 4 is 78.4 Å². The first-order chi connectivity index (χ1) is 33.5. The second-order valence-electron chi connectivity index (χ2n) is 21.1. The number of halogens is 1. The summed E-state index contributed by atoms with van der Waals surface area (Å²) in [6, 6.07) is 28.4. The Bertz CT molecular complexity index is 2870. The lowest BCUT2D eigenvalue weighted by molar-refractivity contribution is -0.157. The third-order valence-electron chi connectivity index (χ3n) is 13.3. The summed E-state index contributed by atoms with van der Waals surface area (Å²) in [6.07, 6.45) is 16.0. The molecule has 8 aromatic rings. The molecule has 3 N–H and O–H groups in total. The molecule has 2 fully saturated rings. The molecule has 11 nitrogen and oxygen atoms in total. The topological polar surface area (TPSA) is 149 Å². The van der Waals surface area contributed by atoms with E-state index in [0.29, 0.717) is 41.4 Å². The molecule has 2 saturated carbocycles. The molecule has 0 aliphatic heterocycles. The van der Waals surface area contributed by atoms with Crippen molar-refractivity contribution in [1.82, 2.24) is 9.97 Å². The fourth-order valence-corrected chi connectivity index (χ4v) is 10.2. The van der Waals surface area contributed by atoms with Crippen molar-refractivity contribution in [3.05, 3.63) is 115 Å². The minimum atomic E-state index is -0.444. The molecule has 4 heterocycles. The molecule has 2 aliphatic carbocycles. The maximum absolute atomic E-state index is 12.2. The zero-order valence-corrected chi connectivity index (χ0v) is 41.7. The van der Waals surface area contributed by atoms with E-state index in [-0.39, 0.29) is 23.7 Å². The van der Waals surface area contributed by atoms with E-state index in [1.807, 2.05) is 127 Å². The Balaban J connectivity index is 0.000000174. The van der Waals surface area contributed by atoms with Gasteiger partial charge < -0.3 is 34.0 Å². The highest BCUT2D eigenvalue weighted by molar-refractivity contribution is 6.34. The number of nitrogens with zero attached hydrogens (tertiary/aromatic N) is 2. The van der Waals surface area contributed by atoms with E-state index >= 15 is 0 Å². The van der Waals surface area contributed by atoms with Crippen LogP contribution in [0.1, 0.15) is 106 Å². The van der Waals surface area contributed by atoms with Gasteiger partial charge in [0.2, 0.25) is 0 Å². The predicted octanol–water partition coefficient (Wildman–Crippen LogP) is 15.1. The first kappa shape index (κ1) is 48.4. The zero-order valence-electron chi connectivity index (χ0n) is 40.9. The third kappa shape index (κ3) is 11.9. The third-order valence-corrected chi connectivity index (χ3v) is 13.6. The van der Waals surface area contributed by atoms with Crippen LogP contribution in [0.15, 0.2) is 119 Å². The molecule has 2 aliphatic rings. The summed E-state index contributed by atoms with van der Waals surface area (Å²) in [4.78, 5) is 33.2. The molecule has 12 heteroatoms. The largest absolute Gasteiger partial charge is 0.506 e. The summed E-state index contributed by atoms with van der Waals surface area (Å²) in [6.45, 7) is 11.4. The number of ether oxygens (including phenoxy) is 2. The quantitative estimate of drug-likeness (QED) is 0.0888. The SMILES string of the molecule is CC(C)(C)OC(=O)CC1CCC(Nc2cc3c(-c4cc5ccccc5o4)cncc3cc2Cl)CC1.CC(C)(C)OC(=O)CC1CCC(Nc2cc3c(-c4cc5ccccc5o4)cncc3cc2O)CC1. The molecule has 10 rings (SSSR count). The number of rotatable bonds is 10. The number of carbonyl (C=O) groups excluding carboxylic acids is 2. The zero-order chi connectivity index (χ0) is 49.2. The van der Waals surface area contributed by atoms with Crippen LogP contribution in [-0.2, 0) is 19.1 Å². The van der Waals surface area contributed by atoms with E-state index in [9.17, 15) is 14.7 Å². The average molecular weight is 964 g/mol. The maximum atomic E-state index is 12.2. The Kier molecular flexibility index (Phi) is 14.1. The fraction of sp³-hybridized carbons (Fsp3) is 0.379. The van der Waals surface area contributed by atoms with Gasteiger partial charge in [0.25, 0.3) is 0 Å². The average Bonchev–Trinajstić information content (AvgIpc) is 3.95. The number of carbonyl (C=O) groups is 2. The van der Waals surface area contributed by atoms with E-state index in [1.165, 1.54) is 0 Å². The number of anilines is 2. The number of nitrogens with one attached hydrogen (secondary N) is 2. The lowest BCUT2D eigenvalue weighted by Crippen LogP contribution is -2.29. The van der Waals surface area contributed by atoms with Crippen molar-refractivity contribution in [2.45, 2.75) is 129 Å². The molecule has 0 unspecified atom stereocenters. The smallest absolute Gasteiger partial charge is 0.306 e. The number of aromatic hydroxyl groups is 1. The molecule has 0 radical (unpaired) electrons. The second kappa shape index (κ2) is 20.4. The number of benzene rings is 4. The van der Waals surface area contributed by atoms with Gasteiger partial charge in [-0.1, -0.05) is 48.0 Å². The fourth-order valence-electron chi connectivity index (χ4n) is 9.94. The van der Waals surface area contributed by atoms with E-state index in [0.717, 1.165) is 123 Å². The Morgan fingerprint density at radius 3 is 1.47 bits per heavy atom. The van der Waals surface area contributed by atoms with Crippen molar-refractivity contribution in [1.29, 1.82) is 0 Å². The highest BCUT2D eigenvalue weighted by atomic mass is 35.5. The van der Waals surface area contributed by atoms with Crippen molar-refractivity contribution in [3.63, 3.8) is 0 Å². The number of phenols is 1. The lowest BCUT2D eigenvalue weighted by atomic mass is 9.84. The van der Waals surface area contributed by atoms with Crippen LogP contribution in [0.4, 0.5) is 11.4 Å². The summed E-state index contributed by atoms with van der Waals surface area (Å²) in [5.41, 5.74) is 4.27. The molecular formula is C58H63ClN4O7. The number of pyridine rings is 2. The molecule has 0 spiro atoms. The molecule has 4 aromatic carbocycles. The van der Waals surface area contributed by atoms with Crippen LogP contribution >= 0.6 is 11.6 Å². The number of aromatic nitrogens is 2. The summed E-state index contributed by atoms with van der Waals surface area (Å²) >= 11 is 6.67. The van der Waals surface area contributed by atoms with Gasteiger partial charge in [0.1, 0.15) is 39.6 Å². The first-order valence-electron chi connectivity index (χ1n) is 24.6. The van der Waals surface area contributed by atoms with Gasteiger partial charge in [-0.3, -0.25) is 19.6 Å².